The van der Waals surface area contributed by atoms with Crippen molar-refractivity contribution in [2.45, 2.75) is 19.3 Å². The molecule has 2 N–H and O–H groups in total. The average molecular weight is 458 g/mol. The van der Waals surface area contributed by atoms with Crippen LogP contribution in [0, 0.1) is 22.9 Å². The smallest absolute Gasteiger partial charge is 0.323 e. The number of amides is 2. The number of aromatic amines is 2. The highest BCUT2D eigenvalue weighted by Crippen LogP contribution is 2.40. The topological polar surface area (TPSA) is 89.3 Å². The highest BCUT2D eigenvalue weighted by molar-refractivity contribution is 5.97. The number of rotatable bonds is 2. The number of piperidine rings is 1. The molecule has 2 fully saturated rings. The molecule has 1 spiro atoms. The lowest BCUT2D eigenvalue weighted by molar-refractivity contribution is 0.0515. The molecule has 3 heterocycles. The highest BCUT2D eigenvalue weighted by atomic mass is 19.2. The molecule has 2 aliphatic heterocycles. The normalized spacial score (nSPS) is 20.7. The SMILES string of the molecule is O=C(c1ccc2[nH]c(=O)[nH]c2c1)N1CCCC2(CCN(C(=O)c3cc(F)c(F)cc3F)C2)C1. The molecular weight excluding hydrogens is 437 g/mol. The molecular formula is C23H21F3N4O3. The number of imidazole rings is 1. The molecule has 1 unspecified atom stereocenters. The number of aromatic nitrogens is 2. The number of halogens is 3. The van der Waals surface area contributed by atoms with E-state index >= 15 is 0 Å². The van der Waals surface area contributed by atoms with Crippen LogP contribution >= 0.6 is 0 Å². The first-order chi connectivity index (χ1) is 15.7. The van der Waals surface area contributed by atoms with Gasteiger partial charge >= 0.3 is 5.69 Å². The van der Waals surface area contributed by atoms with E-state index < -0.39 is 28.9 Å². The van der Waals surface area contributed by atoms with E-state index in [0.717, 1.165) is 12.8 Å². The summed E-state index contributed by atoms with van der Waals surface area (Å²) >= 11 is 0. The first-order valence-electron chi connectivity index (χ1n) is 10.7. The van der Waals surface area contributed by atoms with Crippen LogP contribution in [0.25, 0.3) is 11.0 Å². The van der Waals surface area contributed by atoms with Gasteiger partial charge in [-0.2, -0.15) is 0 Å². The summed E-state index contributed by atoms with van der Waals surface area (Å²) in [5.41, 5.74) is 0.420. The Morgan fingerprint density at radius 1 is 0.818 bits per heavy atom. The van der Waals surface area contributed by atoms with Crippen molar-refractivity contribution >= 4 is 22.8 Å². The zero-order valence-corrected chi connectivity index (χ0v) is 17.6. The second-order valence-corrected chi connectivity index (χ2v) is 8.89. The number of carbonyl (C=O) groups is 2. The molecule has 0 aliphatic carbocycles. The molecule has 2 amide bonds. The number of hydrogen-bond donors (Lipinski definition) is 2. The number of nitrogens with zero attached hydrogens (tertiary/aromatic N) is 2. The number of likely N-dealkylation sites (tertiary alicyclic amines) is 2. The largest absolute Gasteiger partial charge is 0.338 e. The summed E-state index contributed by atoms with van der Waals surface area (Å²) in [5.74, 6) is -4.57. The fourth-order valence-corrected chi connectivity index (χ4v) is 5.03. The van der Waals surface area contributed by atoms with Crippen LogP contribution < -0.4 is 5.69 Å². The number of fused-ring (bicyclic) bond motifs is 1. The molecule has 10 heteroatoms. The number of nitrogens with one attached hydrogen (secondary N) is 2. The Balaban J connectivity index is 1.33. The van der Waals surface area contributed by atoms with Crippen LogP contribution in [-0.2, 0) is 0 Å². The molecule has 172 valence electrons. The first-order valence-corrected chi connectivity index (χ1v) is 10.7. The summed E-state index contributed by atoms with van der Waals surface area (Å²) < 4.78 is 40.9. The van der Waals surface area contributed by atoms with Crippen LogP contribution in [0.3, 0.4) is 0 Å². The van der Waals surface area contributed by atoms with E-state index in [-0.39, 0.29) is 17.0 Å². The summed E-state index contributed by atoms with van der Waals surface area (Å²) in [7, 11) is 0. The van der Waals surface area contributed by atoms with E-state index in [2.05, 4.69) is 9.97 Å². The minimum Gasteiger partial charge on any atom is -0.338 e. The van der Waals surface area contributed by atoms with Crippen LogP contribution in [0.2, 0.25) is 0 Å². The predicted molar refractivity (Wildman–Crippen MR) is 113 cm³/mol. The van der Waals surface area contributed by atoms with Crippen LogP contribution in [0.5, 0.6) is 0 Å². The molecule has 5 rings (SSSR count). The molecule has 2 aromatic carbocycles. The summed E-state index contributed by atoms with van der Waals surface area (Å²) in [4.78, 5) is 45.9. The Morgan fingerprint density at radius 2 is 1.52 bits per heavy atom. The summed E-state index contributed by atoms with van der Waals surface area (Å²) in [6.45, 7) is 1.64. The van der Waals surface area contributed by atoms with Gasteiger partial charge in [0.05, 0.1) is 16.6 Å². The Hall–Kier alpha value is -3.56. The fraction of sp³-hybridized carbons (Fsp3) is 0.348. The molecule has 0 radical (unpaired) electrons. The third-order valence-electron chi connectivity index (χ3n) is 6.68. The van der Waals surface area contributed by atoms with E-state index in [9.17, 15) is 27.6 Å². The van der Waals surface area contributed by atoms with Gasteiger partial charge in [0, 0.05) is 43.2 Å². The summed E-state index contributed by atoms with van der Waals surface area (Å²) in [6, 6.07) is 5.94. The van der Waals surface area contributed by atoms with E-state index in [1.807, 2.05) is 0 Å². The van der Waals surface area contributed by atoms with Gasteiger partial charge in [-0.15, -0.1) is 0 Å². The van der Waals surface area contributed by atoms with Gasteiger partial charge in [-0.05, 0) is 43.5 Å². The van der Waals surface area contributed by atoms with Crippen molar-refractivity contribution in [2.75, 3.05) is 26.2 Å². The lowest BCUT2D eigenvalue weighted by Crippen LogP contribution is -2.47. The van der Waals surface area contributed by atoms with Gasteiger partial charge in [-0.1, -0.05) is 0 Å². The maximum absolute atomic E-state index is 14.1. The second-order valence-electron chi connectivity index (χ2n) is 8.89. The molecule has 2 aliphatic rings. The molecule has 2 saturated heterocycles. The number of H-pyrrole nitrogens is 2. The molecule has 3 aromatic rings. The van der Waals surface area contributed by atoms with Gasteiger partial charge < -0.3 is 19.8 Å². The summed E-state index contributed by atoms with van der Waals surface area (Å²) in [5, 5.41) is 0. The van der Waals surface area contributed by atoms with Gasteiger partial charge in [0.2, 0.25) is 0 Å². The van der Waals surface area contributed by atoms with Crippen molar-refractivity contribution in [3.63, 3.8) is 0 Å². The Morgan fingerprint density at radius 3 is 2.30 bits per heavy atom. The second kappa shape index (κ2) is 7.79. The Labute approximate surface area is 186 Å². The molecule has 1 aromatic heterocycles. The summed E-state index contributed by atoms with van der Waals surface area (Å²) in [6.07, 6.45) is 2.17. The predicted octanol–water partition coefficient (Wildman–Crippen LogP) is 3.04. The quantitative estimate of drug-likeness (QED) is 0.579. The molecule has 0 saturated carbocycles. The molecule has 0 bridgehead atoms. The van der Waals surface area contributed by atoms with Crippen molar-refractivity contribution in [2.24, 2.45) is 5.41 Å². The average Bonchev–Trinajstić information content (AvgIpc) is 3.37. The first kappa shape index (κ1) is 21.3. The van der Waals surface area contributed by atoms with Crippen molar-refractivity contribution < 1.29 is 22.8 Å². The fourth-order valence-electron chi connectivity index (χ4n) is 5.03. The van der Waals surface area contributed by atoms with Gasteiger partial charge in [-0.25, -0.2) is 18.0 Å². The standard InChI is InChI=1S/C23H21F3N4O3/c24-15-10-17(26)16(25)9-14(15)21(32)30-7-5-23(12-30)4-1-6-29(11-23)20(31)13-2-3-18-19(8-13)28-22(33)27-18/h2-3,8-10H,1,4-7,11-12H2,(H2,27,28,33). The third kappa shape index (κ3) is 3.79. The van der Waals surface area contributed by atoms with Gasteiger partial charge in [0.1, 0.15) is 5.82 Å². The van der Waals surface area contributed by atoms with Crippen molar-refractivity contribution in [1.82, 2.24) is 19.8 Å². The maximum Gasteiger partial charge on any atom is 0.323 e. The van der Waals surface area contributed by atoms with Crippen LogP contribution in [-0.4, -0.2) is 57.8 Å². The number of carbonyl (C=O) groups excluding carboxylic acids is 2. The van der Waals surface area contributed by atoms with Crippen molar-refractivity contribution in [3.05, 3.63) is 69.4 Å². The van der Waals surface area contributed by atoms with Gasteiger partial charge in [0.25, 0.3) is 11.8 Å². The highest BCUT2D eigenvalue weighted by Gasteiger charge is 2.44. The van der Waals surface area contributed by atoms with Crippen molar-refractivity contribution in [1.29, 1.82) is 0 Å². The van der Waals surface area contributed by atoms with Gasteiger partial charge in [-0.3, -0.25) is 9.59 Å². The lowest BCUT2D eigenvalue weighted by atomic mass is 9.79. The monoisotopic (exact) mass is 458 g/mol. The van der Waals surface area contributed by atoms with Gasteiger partial charge in [0.15, 0.2) is 11.6 Å². The zero-order chi connectivity index (χ0) is 23.3. The van der Waals surface area contributed by atoms with E-state index in [1.54, 1.807) is 23.1 Å². The third-order valence-corrected chi connectivity index (χ3v) is 6.68. The number of benzene rings is 2. The van der Waals surface area contributed by atoms with E-state index in [1.165, 1.54) is 4.90 Å². The zero-order valence-electron chi connectivity index (χ0n) is 17.6. The van der Waals surface area contributed by atoms with Crippen LogP contribution in [0.1, 0.15) is 40.0 Å². The van der Waals surface area contributed by atoms with E-state index in [0.29, 0.717) is 61.3 Å². The number of hydrogen-bond acceptors (Lipinski definition) is 3. The minimum atomic E-state index is -1.34. The van der Waals surface area contributed by atoms with Crippen LogP contribution in [0.4, 0.5) is 13.2 Å². The molecule has 33 heavy (non-hydrogen) atoms. The molecule has 1 atom stereocenters. The Kier molecular flexibility index (Phi) is 5.02. The maximum atomic E-state index is 14.1. The minimum absolute atomic E-state index is 0.172. The van der Waals surface area contributed by atoms with Crippen molar-refractivity contribution in [3.8, 4) is 0 Å². The molecule has 7 nitrogen and oxygen atoms in total. The van der Waals surface area contributed by atoms with Crippen LogP contribution in [0.15, 0.2) is 35.1 Å². The van der Waals surface area contributed by atoms with E-state index in [4.69, 9.17) is 0 Å². The Bertz CT molecular complexity index is 1330. The lowest BCUT2D eigenvalue weighted by Gasteiger charge is -2.40.